The summed E-state index contributed by atoms with van der Waals surface area (Å²) in [5.41, 5.74) is 4.14. The van der Waals surface area contributed by atoms with Crippen LogP contribution in [0.5, 0.6) is 0 Å². The predicted molar refractivity (Wildman–Crippen MR) is 81.2 cm³/mol. The molecule has 1 atom stereocenters. The fourth-order valence-electron chi connectivity index (χ4n) is 3.03. The number of hydrogen-bond acceptors (Lipinski definition) is 2. The van der Waals surface area contributed by atoms with E-state index in [2.05, 4.69) is 5.32 Å². The minimum Gasteiger partial charge on any atom is -0.369 e. The highest BCUT2D eigenvalue weighted by atomic mass is 19.2. The van der Waals surface area contributed by atoms with Gasteiger partial charge in [0.25, 0.3) is 5.91 Å². The number of nitrogens with two attached hydrogens (primary N) is 1. The first kappa shape index (κ1) is 16.3. The summed E-state index contributed by atoms with van der Waals surface area (Å²) in [6.07, 6.45) is 3.54. The normalized spacial score (nSPS) is 23.3. The van der Waals surface area contributed by atoms with Crippen LogP contribution in [0.2, 0.25) is 0 Å². The van der Waals surface area contributed by atoms with Crippen LogP contribution in [0.25, 0.3) is 0 Å². The van der Waals surface area contributed by atoms with Gasteiger partial charge in [-0.05, 0) is 43.4 Å². The molecule has 2 aliphatic carbocycles. The Hall–Kier alpha value is -2.57. The number of amides is 2. The van der Waals surface area contributed by atoms with Crippen molar-refractivity contribution in [1.82, 2.24) is 0 Å². The summed E-state index contributed by atoms with van der Waals surface area (Å²) in [6, 6.07) is 2.94. The maximum Gasteiger partial charge on any atom is 0.251 e. The highest BCUT2D eigenvalue weighted by molar-refractivity contribution is 6.05. The van der Waals surface area contributed by atoms with Crippen molar-refractivity contribution in [2.45, 2.75) is 19.3 Å². The fraction of sp³-hybridized carbons (Fsp3) is 0.294. The summed E-state index contributed by atoms with van der Waals surface area (Å²) in [5.74, 6) is -4.40. The first-order valence-corrected chi connectivity index (χ1v) is 7.47. The van der Waals surface area contributed by atoms with E-state index in [0.717, 1.165) is 18.2 Å². The number of primary amides is 1. The molecule has 1 aromatic carbocycles. The van der Waals surface area contributed by atoms with Crippen LogP contribution in [0.4, 0.5) is 18.9 Å². The largest absolute Gasteiger partial charge is 0.369 e. The van der Waals surface area contributed by atoms with Gasteiger partial charge in [0.15, 0.2) is 11.6 Å². The summed E-state index contributed by atoms with van der Waals surface area (Å²) >= 11 is 0. The van der Waals surface area contributed by atoms with Crippen molar-refractivity contribution in [3.05, 3.63) is 53.4 Å². The fourth-order valence-corrected chi connectivity index (χ4v) is 3.03. The van der Waals surface area contributed by atoms with Crippen molar-refractivity contribution >= 4 is 17.5 Å². The zero-order valence-corrected chi connectivity index (χ0v) is 12.6. The molecule has 3 rings (SSSR count). The Morgan fingerprint density at radius 2 is 1.83 bits per heavy atom. The van der Waals surface area contributed by atoms with E-state index in [1.54, 1.807) is 0 Å². The average Bonchev–Trinajstić information content (AvgIpc) is 3.36. The Balaban J connectivity index is 1.83. The molecule has 4 nitrogen and oxygen atoms in total. The lowest BCUT2D eigenvalue weighted by Crippen LogP contribution is -2.42. The Labute approximate surface area is 136 Å². The summed E-state index contributed by atoms with van der Waals surface area (Å²) in [7, 11) is 0. The van der Waals surface area contributed by atoms with Gasteiger partial charge in [0.05, 0.1) is 0 Å². The molecule has 1 unspecified atom stereocenters. The van der Waals surface area contributed by atoms with Gasteiger partial charge in [-0.1, -0.05) is 6.08 Å². The van der Waals surface area contributed by atoms with Gasteiger partial charge in [-0.15, -0.1) is 0 Å². The van der Waals surface area contributed by atoms with E-state index >= 15 is 0 Å². The molecule has 1 aromatic rings. The summed E-state index contributed by atoms with van der Waals surface area (Å²) < 4.78 is 40.4. The number of carbonyl (C=O) groups excluding carboxylic acids is 2. The summed E-state index contributed by atoms with van der Waals surface area (Å²) in [4.78, 5) is 24.2. The molecule has 0 saturated heterocycles. The molecule has 126 valence electrons. The first-order valence-electron chi connectivity index (χ1n) is 7.47. The van der Waals surface area contributed by atoms with Gasteiger partial charge in [-0.25, -0.2) is 13.2 Å². The second-order valence-corrected chi connectivity index (χ2v) is 6.08. The van der Waals surface area contributed by atoms with Crippen molar-refractivity contribution in [2.24, 2.45) is 17.1 Å². The third-order valence-electron chi connectivity index (χ3n) is 4.51. The molecule has 0 aromatic heterocycles. The average molecular weight is 336 g/mol. The minimum atomic E-state index is -1.49. The number of nitrogens with one attached hydrogen (secondary N) is 1. The molecule has 2 aliphatic rings. The molecule has 0 aliphatic heterocycles. The molecule has 2 amide bonds. The van der Waals surface area contributed by atoms with E-state index in [0.29, 0.717) is 12.8 Å². The second-order valence-electron chi connectivity index (χ2n) is 6.08. The van der Waals surface area contributed by atoms with E-state index in [1.807, 2.05) is 0 Å². The van der Waals surface area contributed by atoms with Crippen LogP contribution in [0.3, 0.4) is 0 Å². The molecule has 7 heteroatoms. The Morgan fingerprint density at radius 3 is 2.42 bits per heavy atom. The number of rotatable bonds is 4. The predicted octanol–water partition coefficient (Wildman–Crippen LogP) is 2.97. The molecular weight excluding hydrogens is 321 g/mol. The van der Waals surface area contributed by atoms with Gasteiger partial charge in [0.1, 0.15) is 11.2 Å². The number of halogens is 3. The first-order chi connectivity index (χ1) is 11.3. The standard InChI is InChI=1S/C17H15F3N2O2/c18-12-5-4-11(7-13(12)19)22-15(23)9-1-6-14(20)17(8-9,16(21)24)10-2-3-10/h1,4-7,10H,2-3,8H2,(H2,21,24)(H,22,23). The van der Waals surface area contributed by atoms with E-state index in [9.17, 15) is 22.8 Å². The zero-order chi connectivity index (χ0) is 17.5. The Bertz CT molecular complexity index is 784. The Kier molecular flexibility index (Phi) is 3.95. The highest BCUT2D eigenvalue weighted by Crippen LogP contribution is 2.55. The Morgan fingerprint density at radius 1 is 1.12 bits per heavy atom. The molecule has 0 bridgehead atoms. The van der Waals surface area contributed by atoms with Crippen LogP contribution in [-0.2, 0) is 9.59 Å². The van der Waals surface area contributed by atoms with E-state index in [-0.39, 0.29) is 23.6 Å². The van der Waals surface area contributed by atoms with E-state index < -0.39 is 34.7 Å². The van der Waals surface area contributed by atoms with Crippen molar-refractivity contribution in [1.29, 1.82) is 0 Å². The summed E-state index contributed by atoms with van der Waals surface area (Å²) in [5, 5.41) is 2.41. The monoisotopic (exact) mass is 336 g/mol. The second kappa shape index (κ2) is 5.81. The van der Waals surface area contributed by atoms with Gasteiger partial charge in [0, 0.05) is 17.3 Å². The zero-order valence-electron chi connectivity index (χ0n) is 12.6. The lowest BCUT2D eigenvalue weighted by molar-refractivity contribution is -0.127. The molecule has 3 N–H and O–H groups in total. The SMILES string of the molecule is NC(=O)C1(C2CC2)CC(C(=O)Nc2ccc(F)c(F)c2)=CC=C1F. The van der Waals surface area contributed by atoms with Crippen LogP contribution < -0.4 is 11.1 Å². The van der Waals surface area contributed by atoms with Gasteiger partial charge < -0.3 is 11.1 Å². The van der Waals surface area contributed by atoms with Gasteiger partial charge in [0.2, 0.25) is 5.91 Å². The van der Waals surface area contributed by atoms with Crippen molar-refractivity contribution < 1.29 is 22.8 Å². The van der Waals surface area contributed by atoms with Crippen LogP contribution in [0, 0.1) is 23.0 Å². The third kappa shape index (κ3) is 2.70. The van der Waals surface area contributed by atoms with Gasteiger partial charge in [-0.3, -0.25) is 9.59 Å². The molecule has 24 heavy (non-hydrogen) atoms. The van der Waals surface area contributed by atoms with E-state index in [1.165, 1.54) is 12.1 Å². The van der Waals surface area contributed by atoms with Crippen LogP contribution in [-0.4, -0.2) is 11.8 Å². The van der Waals surface area contributed by atoms with Crippen molar-refractivity contribution in [3.63, 3.8) is 0 Å². The van der Waals surface area contributed by atoms with Crippen LogP contribution in [0.15, 0.2) is 41.8 Å². The quantitative estimate of drug-likeness (QED) is 0.887. The maximum atomic E-state index is 14.3. The number of anilines is 1. The molecule has 1 fully saturated rings. The topological polar surface area (TPSA) is 72.2 Å². The molecule has 0 radical (unpaired) electrons. The summed E-state index contributed by atoms with van der Waals surface area (Å²) in [6.45, 7) is 0. The lowest BCUT2D eigenvalue weighted by Gasteiger charge is -2.32. The number of carbonyl (C=O) groups is 2. The van der Waals surface area contributed by atoms with Crippen molar-refractivity contribution in [2.75, 3.05) is 5.32 Å². The third-order valence-corrected chi connectivity index (χ3v) is 4.51. The van der Waals surface area contributed by atoms with Crippen molar-refractivity contribution in [3.8, 4) is 0 Å². The highest BCUT2D eigenvalue weighted by Gasteiger charge is 2.54. The van der Waals surface area contributed by atoms with Gasteiger partial charge in [-0.2, -0.15) is 0 Å². The van der Waals surface area contributed by atoms with Gasteiger partial charge >= 0.3 is 0 Å². The molecule has 0 spiro atoms. The van der Waals surface area contributed by atoms with E-state index in [4.69, 9.17) is 5.73 Å². The number of allylic oxidation sites excluding steroid dienone is 2. The minimum absolute atomic E-state index is 0.0610. The molecule has 1 saturated carbocycles. The maximum absolute atomic E-state index is 14.3. The number of hydrogen-bond donors (Lipinski definition) is 2. The molecule has 0 heterocycles. The van der Waals surface area contributed by atoms with Crippen LogP contribution >= 0.6 is 0 Å². The lowest BCUT2D eigenvalue weighted by atomic mass is 9.72. The van der Waals surface area contributed by atoms with Crippen LogP contribution in [0.1, 0.15) is 19.3 Å². The smallest absolute Gasteiger partial charge is 0.251 e. The number of benzene rings is 1. The molecular formula is C17H15F3N2O2.